The van der Waals surface area contributed by atoms with Gasteiger partial charge in [-0.15, -0.1) is 0 Å². The molecule has 2 heterocycles. The number of cyclic esters (lactones) is 1. The number of amides is 3. The monoisotopic (exact) mass is 679 g/mol. The van der Waals surface area contributed by atoms with Gasteiger partial charge in [0.1, 0.15) is 0 Å². The van der Waals surface area contributed by atoms with Crippen molar-refractivity contribution in [1.82, 2.24) is 5.32 Å². The first-order valence-electron chi connectivity index (χ1n) is 16.1. The molecule has 0 unspecified atom stereocenters. The molecule has 7 rings (SSSR count). The summed E-state index contributed by atoms with van der Waals surface area (Å²) in [4.78, 5) is 40.0. The number of esters is 1. The Hall–Kier alpha value is -5.91. The van der Waals surface area contributed by atoms with E-state index in [9.17, 15) is 14.4 Å². The lowest BCUT2D eigenvalue weighted by Crippen LogP contribution is -2.42. The second kappa shape index (κ2) is 13.2. The van der Waals surface area contributed by atoms with Crippen LogP contribution in [-0.2, 0) is 9.53 Å². The van der Waals surface area contributed by atoms with Crippen molar-refractivity contribution in [2.45, 2.75) is 25.8 Å². The van der Waals surface area contributed by atoms with Gasteiger partial charge in [0.25, 0.3) is 5.91 Å². The zero-order valence-corrected chi connectivity index (χ0v) is 28.2. The predicted octanol–water partition coefficient (Wildman–Crippen LogP) is 6.11. The minimum Gasteiger partial charge on any atom is -0.493 e. The number of rotatable bonds is 8. The Morgan fingerprint density at radius 3 is 1.98 bits per heavy atom. The van der Waals surface area contributed by atoms with Gasteiger partial charge in [0.05, 0.1) is 39.9 Å². The summed E-state index contributed by atoms with van der Waals surface area (Å²) in [6.07, 6.45) is 0. The van der Waals surface area contributed by atoms with E-state index in [1.807, 2.05) is 56.3 Å². The highest BCUT2D eigenvalue weighted by molar-refractivity contribution is 6.00. The molecular weight excluding hydrogens is 642 g/mol. The van der Waals surface area contributed by atoms with E-state index >= 15 is 0 Å². The Balaban J connectivity index is 1.18. The standard InChI is InChI=1S/C38H37N3O9/c1-19-10-20(2)12-24(11-19)40-38(44)39-23-8-6-21(7-9-23)36(42)41-34-26-16-29-28(49-18-50-29)15-25(26)32(33-27(34)17-48-37(33)43)22-13-30(45-3)35(47-5)31(14-22)46-4/h6-16,27,32-34H,17-18H2,1-5H3,(H,41,42)(H2,39,40,44)/t27-,32+,33-,34+/m0/s1. The normalized spacial score (nSPS) is 19.8. The molecule has 3 amide bonds. The molecule has 4 aromatic carbocycles. The van der Waals surface area contributed by atoms with Gasteiger partial charge in [-0.25, -0.2) is 4.79 Å². The number of anilines is 2. The molecule has 50 heavy (non-hydrogen) atoms. The van der Waals surface area contributed by atoms with Gasteiger partial charge < -0.3 is 44.4 Å². The Morgan fingerprint density at radius 2 is 1.36 bits per heavy atom. The van der Waals surface area contributed by atoms with Crippen LogP contribution >= 0.6 is 0 Å². The van der Waals surface area contributed by atoms with Crippen LogP contribution in [0.5, 0.6) is 28.7 Å². The number of hydrogen-bond acceptors (Lipinski definition) is 9. The van der Waals surface area contributed by atoms with E-state index in [-0.39, 0.29) is 25.3 Å². The van der Waals surface area contributed by atoms with Gasteiger partial charge in [-0.2, -0.15) is 0 Å². The number of carbonyl (C=O) groups is 3. The highest BCUT2D eigenvalue weighted by Gasteiger charge is 2.53. The van der Waals surface area contributed by atoms with Crippen molar-refractivity contribution in [3.8, 4) is 28.7 Å². The van der Waals surface area contributed by atoms with Crippen LogP contribution in [0.4, 0.5) is 16.2 Å². The maximum atomic E-state index is 13.8. The quantitative estimate of drug-likeness (QED) is 0.188. The number of methoxy groups -OCH3 is 3. The number of nitrogens with one attached hydrogen (secondary N) is 3. The molecule has 0 aromatic heterocycles. The van der Waals surface area contributed by atoms with Gasteiger partial charge in [0.15, 0.2) is 23.0 Å². The molecule has 258 valence electrons. The molecule has 4 atom stereocenters. The number of carbonyl (C=O) groups excluding carboxylic acids is 3. The molecular formula is C38H37N3O9. The predicted molar refractivity (Wildman–Crippen MR) is 184 cm³/mol. The summed E-state index contributed by atoms with van der Waals surface area (Å²) in [6.45, 7) is 4.10. The molecule has 2 aliphatic heterocycles. The molecule has 4 aromatic rings. The highest BCUT2D eigenvalue weighted by atomic mass is 16.7. The van der Waals surface area contributed by atoms with Gasteiger partial charge in [-0.1, -0.05) is 6.07 Å². The number of benzene rings is 4. The topological polar surface area (TPSA) is 143 Å². The largest absolute Gasteiger partial charge is 0.493 e. The van der Waals surface area contributed by atoms with Gasteiger partial charge >= 0.3 is 12.0 Å². The average molecular weight is 680 g/mol. The number of hydrogen-bond donors (Lipinski definition) is 3. The average Bonchev–Trinajstić information content (AvgIpc) is 3.72. The van der Waals surface area contributed by atoms with E-state index in [2.05, 4.69) is 16.0 Å². The maximum absolute atomic E-state index is 13.8. The van der Waals surface area contributed by atoms with Gasteiger partial charge in [-0.05, 0) is 102 Å². The van der Waals surface area contributed by atoms with Crippen LogP contribution < -0.4 is 39.6 Å². The summed E-state index contributed by atoms with van der Waals surface area (Å²) in [7, 11) is 4.61. The third kappa shape index (κ3) is 5.97. The second-order valence-electron chi connectivity index (χ2n) is 12.6. The fourth-order valence-corrected chi connectivity index (χ4v) is 7.30. The smallest absolute Gasteiger partial charge is 0.323 e. The summed E-state index contributed by atoms with van der Waals surface area (Å²) < 4.78 is 34.0. The van der Waals surface area contributed by atoms with Crippen molar-refractivity contribution in [3.63, 3.8) is 0 Å². The van der Waals surface area contributed by atoms with Crippen LogP contribution in [0, 0.1) is 25.7 Å². The van der Waals surface area contributed by atoms with E-state index in [0.29, 0.717) is 45.7 Å². The van der Waals surface area contributed by atoms with Crippen LogP contribution in [0.2, 0.25) is 0 Å². The van der Waals surface area contributed by atoms with Crippen LogP contribution in [0.3, 0.4) is 0 Å². The number of aryl methyl sites for hydroxylation is 2. The molecule has 1 saturated heterocycles. The van der Waals surface area contributed by atoms with E-state index < -0.39 is 29.8 Å². The lowest BCUT2D eigenvalue weighted by Gasteiger charge is -2.39. The third-order valence-electron chi connectivity index (χ3n) is 9.40. The van der Waals surface area contributed by atoms with Crippen LogP contribution in [0.1, 0.15) is 50.1 Å². The van der Waals surface area contributed by atoms with Crippen molar-refractivity contribution >= 4 is 29.3 Å². The second-order valence-corrected chi connectivity index (χ2v) is 12.6. The van der Waals surface area contributed by atoms with Crippen molar-refractivity contribution in [2.75, 3.05) is 45.4 Å². The molecule has 3 aliphatic rings. The molecule has 0 bridgehead atoms. The zero-order valence-electron chi connectivity index (χ0n) is 28.2. The van der Waals surface area contributed by atoms with Gasteiger partial charge in [-0.3, -0.25) is 9.59 Å². The molecule has 0 radical (unpaired) electrons. The van der Waals surface area contributed by atoms with Crippen LogP contribution in [0.25, 0.3) is 0 Å². The minimum atomic E-state index is -0.641. The summed E-state index contributed by atoms with van der Waals surface area (Å²) in [5.41, 5.74) is 5.97. The first kappa shape index (κ1) is 32.6. The summed E-state index contributed by atoms with van der Waals surface area (Å²) >= 11 is 0. The molecule has 1 aliphatic carbocycles. The van der Waals surface area contributed by atoms with E-state index in [1.54, 1.807) is 24.3 Å². The highest BCUT2D eigenvalue weighted by Crippen LogP contribution is 2.55. The van der Waals surface area contributed by atoms with Gasteiger partial charge in [0.2, 0.25) is 12.5 Å². The number of urea groups is 1. The molecule has 0 spiro atoms. The number of fused-ring (bicyclic) bond motifs is 3. The first-order chi connectivity index (χ1) is 24.2. The SMILES string of the molecule is COc1cc([C@@H]2c3cc4c(cc3[C@@H](NC(=O)c3ccc(NC(=O)Nc5cc(C)cc(C)c5)cc3)[C@H]3COC(=O)[C@H]23)OCO4)cc(OC)c1OC. The Morgan fingerprint density at radius 1 is 0.740 bits per heavy atom. The molecule has 0 saturated carbocycles. The summed E-state index contributed by atoms with van der Waals surface area (Å²) in [6, 6.07) is 18.8. The zero-order chi connectivity index (χ0) is 35.1. The van der Waals surface area contributed by atoms with Crippen molar-refractivity contribution in [2.24, 2.45) is 11.8 Å². The van der Waals surface area contributed by atoms with Crippen LogP contribution in [0.15, 0.2) is 66.7 Å². The fraction of sp³-hybridized carbons (Fsp3) is 0.289. The Labute approximate surface area is 289 Å². The van der Waals surface area contributed by atoms with E-state index in [1.165, 1.54) is 21.3 Å². The van der Waals surface area contributed by atoms with Crippen molar-refractivity contribution < 1.29 is 42.8 Å². The third-order valence-corrected chi connectivity index (χ3v) is 9.40. The van der Waals surface area contributed by atoms with Gasteiger partial charge in [0, 0.05) is 28.8 Å². The first-order valence-corrected chi connectivity index (χ1v) is 16.1. The molecule has 12 heteroatoms. The van der Waals surface area contributed by atoms with E-state index in [0.717, 1.165) is 27.8 Å². The van der Waals surface area contributed by atoms with Crippen molar-refractivity contribution in [1.29, 1.82) is 0 Å². The van der Waals surface area contributed by atoms with Crippen LogP contribution in [-0.4, -0.2) is 52.6 Å². The summed E-state index contributed by atoms with van der Waals surface area (Å²) in [5.74, 6) is 0.162. The Kier molecular flexibility index (Phi) is 8.60. The summed E-state index contributed by atoms with van der Waals surface area (Å²) in [5, 5.41) is 8.82. The molecule has 12 nitrogen and oxygen atoms in total. The fourth-order valence-electron chi connectivity index (χ4n) is 7.30. The number of ether oxygens (including phenoxy) is 6. The maximum Gasteiger partial charge on any atom is 0.323 e. The van der Waals surface area contributed by atoms with Crippen molar-refractivity contribution in [3.05, 3.63) is 100 Å². The molecule has 1 fully saturated rings. The lowest BCUT2D eigenvalue weighted by atomic mass is 9.65. The Bertz CT molecular complexity index is 1950. The van der Waals surface area contributed by atoms with E-state index in [4.69, 9.17) is 28.4 Å². The lowest BCUT2D eigenvalue weighted by molar-refractivity contribution is -0.141. The molecule has 3 N–H and O–H groups in total. The minimum absolute atomic E-state index is 0.0576.